The monoisotopic (exact) mass is 242 g/mol. The number of carboxylic acid groups (broad SMARTS) is 1. The van der Waals surface area contributed by atoms with E-state index in [-0.39, 0.29) is 6.54 Å². The highest BCUT2D eigenvalue weighted by Crippen LogP contribution is 2.24. The van der Waals surface area contributed by atoms with Gasteiger partial charge < -0.3 is 9.84 Å². The Morgan fingerprint density at radius 2 is 2.00 bits per heavy atom. The van der Waals surface area contributed by atoms with Crippen LogP contribution in [0.3, 0.4) is 0 Å². The van der Waals surface area contributed by atoms with E-state index in [1.165, 1.54) is 4.68 Å². The van der Waals surface area contributed by atoms with E-state index in [1.54, 1.807) is 21.0 Å². The Hall–Kier alpha value is -1.50. The minimum absolute atomic E-state index is 0.192. The van der Waals surface area contributed by atoms with E-state index in [4.69, 9.17) is 9.84 Å². The van der Waals surface area contributed by atoms with Crippen molar-refractivity contribution < 1.29 is 14.6 Å². The molecule has 0 fully saturated rings. The fraction of sp³-hybridized carbons (Fsp3) is 0.800. The van der Waals surface area contributed by atoms with E-state index < -0.39 is 17.0 Å². The fourth-order valence-corrected chi connectivity index (χ4v) is 1.28. The van der Waals surface area contributed by atoms with Crippen LogP contribution in [0.25, 0.3) is 0 Å². The Morgan fingerprint density at radius 1 is 1.41 bits per heavy atom. The van der Waals surface area contributed by atoms with E-state index in [9.17, 15) is 4.79 Å². The normalized spacial score (nSPS) is 12.8. The highest BCUT2D eigenvalue weighted by atomic mass is 16.5. The zero-order chi connectivity index (χ0) is 13.3. The number of tetrazole rings is 1. The average Bonchev–Trinajstić information content (AvgIpc) is 2.65. The lowest BCUT2D eigenvalue weighted by atomic mass is 9.93. The Labute approximate surface area is 99.8 Å². The molecule has 0 atom stereocenters. The molecular formula is C10H18N4O3. The molecule has 0 amide bonds. The average molecular weight is 242 g/mol. The Bertz CT molecular complexity index is 411. The van der Waals surface area contributed by atoms with E-state index in [2.05, 4.69) is 15.5 Å². The van der Waals surface area contributed by atoms with Gasteiger partial charge in [0, 0.05) is 7.11 Å². The number of methoxy groups -OCH3 is 1. The van der Waals surface area contributed by atoms with E-state index in [0.29, 0.717) is 5.82 Å². The van der Waals surface area contributed by atoms with Crippen molar-refractivity contribution in [3.05, 3.63) is 5.82 Å². The lowest BCUT2D eigenvalue weighted by molar-refractivity contribution is -0.147. The van der Waals surface area contributed by atoms with Gasteiger partial charge in [-0.3, -0.25) is 4.79 Å². The van der Waals surface area contributed by atoms with Crippen molar-refractivity contribution in [3.63, 3.8) is 0 Å². The second kappa shape index (κ2) is 4.40. The largest absolute Gasteiger partial charge is 0.481 e. The van der Waals surface area contributed by atoms with Crippen molar-refractivity contribution in [1.29, 1.82) is 0 Å². The van der Waals surface area contributed by atoms with Crippen LogP contribution in [0.2, 0.25) is 0 Å². The summed E-state index contributed by atoms with van der Waals surface area (Å²) in [5, 5.41) is 20.3. The predicted molar refractivity (Wildman–Crippen MR) is 59.3 cm³/mol. The minimum atomic E-state index is -0.937. The van der Waals surface area contributed by atoms with Crippen molar-refractivity contribution >= 4 is 5.97 Å². The summed E-state index contributed by atoms with van der Waals surface area (Å²) in [5.74, 6) is -0.386. The van der Waals surface area contributed by atoms with Gasteiger partial charge in [-0.05, 0) is 38.1 Å². The summed E-state index contributed by atoms with van der Waals surface area (Å²) in [6.07, 6.45) is 0. The molecule has 0 unspecified atom stereocenters. The molecule has 1 heterocycles. The maximum atomic E-state index is 11.1. The van der Waals surface area contributed by atoms with E-state index in [0.717, 1.165) is 0 Å². The zero-order valence-electron chi connectivity index (χ0n) is 10.8. The van der Waals surface area contributed by atoms with Gasteiger partial charge in [0.1, 0.15) is 5.60 Å². The van der Waals surface area contributed by atoms with Crippen molar-refractivity contribution in [1.82, 2.24) is 20.2 Å². The van der Waals surface area contributed by atoms with Gasteiger partial charge in [0.05, 0.1) is 12.0 Å². The molecule has 0 aromatic carbocycles. The van der Waals surface area contributed by atoms with Gasteiger partial charge in [0.15, 0.2) is 5.82 Å². The summed E-state index contributed by atoms with van der Waals surface area (Å²) in [6.45, 7) is 7.09. The van der Waals surface area contributed by atoms with E-state index >= 15 is 0 Å². The van der Waals surface area contributed by atoms with Crippen molar-refractivity contribution in [2.75, 3.05) is 7.11 Å². The summed E-state index contributed by atoms with van der Waals surface area (Å²) in [6, 6.07) is 0. The third kappa shape index (κ3) is 2.79. The van der Waals surface area contributed by atoms with Crippen LogP contribution in [0.4, 0.5) is 0 Å². The van der Waals surface area contributed by atoms with Crippen LogP contribution in [0, 0.1) is 5.41 Å². The molecule has 1 aromatic rings. The third-order valence-electron chi connectivity index (χ3n) is 2.70. The molecule has 7 nitrogen and oxygen atoms in total. The molecule has 0 aliphatic rings. The van der Waals surface area contributed by atoms with Gasteiger partial charge in [-0.15, -0.1) is 5.10 Å². The highest BCUT2D eigenvalue weighted by molar-refractivity contribution is 5.73. The standard InChI is InChI=1S/C10H18N4O3/c1-9(2,8(15)16)6-14-7(11-12-13-14)10(3,4)17-5/h6H2,1-5H3,(H,15,16). The predicted octanol–water partition coefficient (Wildman–Crippen LogP) is 0.665. The van der Waals surface area contributed by atoms with Crippen molar-refractivity contribution in [2.45, 2.75) is 39.8 Å². The first-order chi connectivity index (χ1) is 7.70. The zero-order valence-corrected chi connectivity index (χ0v) is 10.8. The summed E-state index contributed by atoms with van der Waals surface area (Å²) in [5.41, 5.74) is -1.59. The van der Waals surface area contributed by atoms with Crippen LogP contribution in [0.5, 0.6) is 0 Å². The number of rotatable bonds is 5. The summed E-state index contributed by atoms with van der Waals surface area (Å²) < 4.78 is 6.76. The molecule has 17 heavy (non-hydrogen) atoms. The molecular weight excluding hydrogens is 224 g/mol. The molecule has 0 saturated carbocycles. The number of hydrogen-bond acceptors (Lipinski definition) is 5. The van der Waals surface area contributed by atoms with E-state index in [1.807, 2.05) is 13.8 Å². The molecule has 0 radical (unpaired) electrons. The maximum absolute atomic E-state index is 11.1. The van der Waals surface area contributed by atoms with Crippen molar-refractivity contribution in [2.24, 2.45) is 5.41 Å². The molecule has 0 aliphatic heterocycles. The highest BCUT2D eigenvalue weighted by Gasteiger charge is 2.33. The van der Waals surface area contributed by atoms with Gasteiger partial charge in [-0.2, -0.15) is 0 Å². The van der Waals surface area contributed by atoms with Crippen LogP contribution in [-0.2, 0) is 21.7 Å². The lowest BCUT2D eigenvalue weighted by Crippen LogP contribution is -2.33. The van der Waals surface area contributed by atoms with Crippen LogP contribution in [0.1, 0.15) is 33.5 Å². The maximum Gasteiger partial charge on any atom is 0.310 e. The van der Waals surface area contributed by atoms with Gasteiger partial charge in [-0.1, -0.05) is 0 Å². The summed E-state index contributed by atoms with van der Waals surface area (Å²) in [7, 11) is 1.56. The van der Waals surface area contributed by atoms with Gasteiger partial charge in [0.2, 0.25) is 0 Å². The second-order valence-electron chi connectivity index (χ2n) is 5.06. The molecule has 0 bridgehead atoms. The first-order valence-electron chi connectivity index (χ1n) is 5.26. The summed E-state index contributed by atoms with van der Waals surface area (Å²) >= 11 is 0. The van der Waals surface area contributed by atoms with Crippen molar-refractivity contribution in [3.8, 4) is 0 Å². The number of hydrogen-bond donors (Lipinski definition) is 1. The molecule has 96 valence electrons. The first kappa shape index (κ1) is 13.6. The molecule has 0 aliphatic carbocycles. The third-order valence-corrected chi connectivity index (χ3v) is 2.70. The number of ether oxygens (including phenoxy) is 1. The topological polar surface area (TPSA) is 90.1 Å². The number of aliphatic carboxylic acids is 1. The molecule has 7 heteroatoms. The second-order valence-corrected chi connectivity index (χ2v) is 5.06. The number of carboxylic acids is 1. The number of aromatic nitrogens is 4. The smallest absolute Gasteiger partial charge is 0.310 e. The number of nitrogens with zero attached hydrogens (tertiary/aromatic N) is 4. The molecule has 0 spiro atoms. The molecule has 1 aromatic heterocycles. The molecule has 0 saturated heterocycles. The van der Waals surface area contributed by atoms with Gasteiger partial charge in [0.25, 0.3) is 0 Å². The summed E-state index contributed by atoms with van der Waals surface area (Å²) in [4.78, 5) is 11.1. The minimum Gasteiger partial charge on any atom is -0.481 e. The Morgan fingerprint density at radius 3 is 2.47 bits per heavy atom. The van der Waals surface area contributed by atoms with Crippen LogP contribution in [0.15, 0.2) is 0 Å². The first-order valence-corrected chi connectivity index (χ1v) is 5.26. The Balaban J connectivity index is 3.02. The fourth-order valence-electron chi connectivity index (χ4n) is 1.28. The van der Waals surface area contributed by atoms with Crippen LogP contribution < -0.4 is 0 Å². The SMILES string of the molecule is COC(C)(C)c1nnnn1CC(C)(C)C(=O)O. The Kier molecular flexibility index (Phi) is 3.51. The van der Waals surface area contributed by atoms with Crippen LogP contribution >= 0.6 is 0 Å². The van der Waals surface area contributed by atoms with Crippen LogP contribution in [-0.4, -0.2) is 38.4 Å². The molecule has 1 rings (SSSR count). The molecule has 1 N–H and O–H groups in total. The van der Waals surface area contributed by atoms with Gasteiger partial charge >= 0.3 is 5.97 Å². The lowest BCUT2D eigenvalue weighted by Gasteiger charge is -2.24. The van der Waals surface area contributed by atoms with Gasteiger partial charge in [-0.25, -0.2) is 4.68 Å². The number of carbonyl (C=O) groups is 1. The quantitative estimate of drug-likeness (QED) is 0.816.